The molecule has 0 spiro atoms. The zero-order valence-corrected chi connectivity index (χ0v) is 16.3. The molecule has 3 aromatic rings. The summed E-state index contributed by atoms with van der Waals surface area (Å²) in [7, 11) is 0.185. The summed E-state index contributed by atoms with van der Waals surface area (Å²) in [4.78, 5) is 24.3. The summed E-state index contributed by atoms with van der Waals surface area (Å²) in [5, 5.41) is 2.16. The minimum atomic E-state index is -1.01. The number of Topliss-reactive ketones (excluding diaryl/α,β-unsaturated/α-hetero) is 1. The average molecular weight is 394 g/mol. The van der Waals surface area contributed by atoms with Crippen molar-refractivity contribution in [3.05, 3.63) is 96.3 Å². The van der Waals surface area contributed by atoms with Gasteiger partial charge in [0.25, 0.3) is 0 Å². The zero-order valence-electron chi connectivity index (χ0n) is 15.4. The Balaban J connectivity index is 2.11. The SMILES string of the molecule is COC(=O)C(=O)C[C@@H](c1ccc(F)cc1)P(c1ccccc1)c1ccccc1. The van der Waals surface area contributed by atoms with Crippen molar-refractivity contribution in [1.29, 1.82) is 0 Å². The average Bonchev–Trinajstić information content (AvgIpc) is 2.74. The molecule has 142 valence electrons. The first-order chi connectivity index (χ1) is 13.6. The molecule has 0 fully saturated rings. The van der Waals surface area contributed by atoms with Gasteiger partial charge in [0, 0.05) is 12.1 Å². The van der Waals surface area contributed by atoms with Crippen LogP contribution in [0.15, 0.2) is 84.9 Å². The number of methoxy groups -OCH3 is 1. The summed E-state index contributed by atoms with van der Waals surface area (Å²) < 4.78 is 18.1. The van der Waals surface area contributed by atoms with Crippen LogP contribution >= 0.6 is 7.92 Å². The minimum Gasteiger partial charge on any atom is -0.463 e. The van der Waals surface area contributed by atoms with E-state index in [-0.39, 0.29) is 17.9 Å². The fourth-order valence-electron chi connectivity index (χ4n) is 3.10. The Kier molecular flexibility index (Phi) is 6.67. The predicted octanol–water partition coefficient (Wildman–Crippen LogP) is 4.13. The monoisotopic (exact) mass is 394 g/mol. The summed E-state index contributed by atoms with van der Waals surface area (Å²) in [6.45, 7) is 0. The fraction of sp³-hybridized carbons (Fsp3) is 0.130. The van der Waals surface area contributed by atoms with E-state index in [0.29, 0.717) is 0 Å². The van der Waals surface area contributed by atoms with E-state index in [1.807, 2.05) is 60.7 Å². The van der Waals surface area contributed by atoms with Gasteiger partial charge in [0.1, 0.15) is 5.82 Å². The maximum absolute atomic E-state index is 13.5. The van der Waals surface area contributed by atoms with Crippen molar-refractivity contribution in [2.75, 3.05) is 7.11 Å². The van der Waals surface area contributed by atoms with Crippen LogP contribution in [0.1, 0.15) is 17.6 Å². The van der Waals surface area contributed by atoms with Gasteiger partial charge >= 0.3 is 5.97 Å². The lowest BCUT2D eigenvalue weighted by Gasteiger charge is -2.28. The van der Waals surface area contributed by atoms with Crippen LogP contribution in [0.5, 0.6) is 0 Å². The van der Waals surface area contributed by atoms with Gasteiger partial charge in [0.05, 0.1) is 7.11 Å². The molecule has 0 unspecified atom stereocenters. The number of carbonyl (C=O) groups excluding carboxylic acids is 2. The van der Waals surface area contributed by atoms with E-state index in [9.17, 15) is 14.0 Å². The van der Waals surface area contributed by atoms with Gasteiger partial charge in [-0.15, -0.1) is 0 Å². The molecule has 0 saturated heterocycles. The number of ether oxygens (including phenoxy) is 1. The van der Waals surface area contributed by atoms with Crippen molar-refractivity contribution < 1.29 is 18.7 Å². The largest absolute Gasteiger partial charge is 0.463 e. The lowest BCUT2D eigenvalue weighted by atomic mass is 10.1. The molecule has 0 amide bonds. The van der Waals surface area contributed by atoms with Crippen LogP contribution in [0, 0.1) is 5.82 Å². The lowest BCUT2D eigenvalue weighted by molar-refractivity contribution is -0.151. The normalized spacial score (nSPS) is 11.8. The molecule has 3 aromatic carbocycles. The first kappa shape index (κ1) is 19.9. The molecule has 0 saturated carbocycles. The Labute approximate surface area is 164 Å². The first-order valence-electron chi connectivity index (χ1n) is 8.86. The highest BCUT2D eigenvalue weighted by Gasteiger charge is 2.30. The first-order valence-corrected chi connectivity index (χ1v) is 10.3. The van der Waals surface area contributed by atoms with E-state index >= 15 is 0 Å². The van der Waals surface area contributed by atoms with Crippen LogP contribution in [0.2, 0.25) is 0 Å². The molecule has 0 N–H and O–H groups in total. The summed E-state index contributed by atoms with van der Waals surface area (Å²) >= 11 is 0. The summed E-state index contributed by atoms with van der Waals surface area (Å²) in [5.74, 6) is -1.79. The molecule has 0 aliphatic heterocycles. The summed E-state index contributed by atoms with van der Waals surface area (Å²) in [6, 6.07) is 25.9. The third-order valence-corrected chi connectivity index (χ3v) is 7.24. The number of rotatable bonds is 7. The van der Waals surface area contributed by atoms with Crippen LogP contribution in [-0.4, -0.2) is 18.9 Å². The maximum atomic E-state index is 13.5. The molecule has 28 heavy (non-hydrogen) atoms. The van der Waals surface area contributed by atoms with Crippen molar-refractivity contribution in [3.63, 3.8) is 0 Å². The van der Waals surface area contributed by atoms with Gasteiger partial charge in [0.15, 0.2) is 0 Å². The van der Waals surface area contributed by atoms with Crippen LogP contribution in [0.4, 0.5) is 4.39 Å². The summed E-state index contributed by atoms with van der Waals surface area (Å²) in [6.07, 6.45) is -0.00615. The van der Waals surface area contributed by atoms with Crippen molar-refractivity contribution >= 4 is 30.3 Å². The van der Waals surface area contributed by atoms with E-state index in [0.717, 1.165) is 16.2 Å². The van der Waals surface area contributed by atoms with Gasteiger partial charge in [-0.25, -0.2) is 9.18 Å². The third kappa shape index (κ3) is 4.71. The molecule has 0 aliphatic carbocycles. The van der Waals surface area contributed by atoms with E-state index in [2.05, 4.69) is 4.74 Å². The number of benzene rings is 3. The molecule has 1 atom stereocenters. The Morgan fingerprint density at radius 2 is 1.36 bits per heavy atom. The molecule has 0 aliphatic rings. The van der Waals surface area contributed by atoms with E-state index in [1.54, 1.807) is 12.1 Å². The standard InChI is InChI=1S/C23H20FO3P/c1-27-23(26)21(25)16-22(17-12-14-18(24)15-13-17)28(19-8-4-2-5-9-19)20-10-6-3-7-11-20/h2-15,22H,16H2,1H3/t22-/m0/s1. The predicted molar refractivity (Wildman–Crippen MR) is 110 cm³/mol. The Hall–Kier alpha value is -2.84. The zero-order chi connectivity index (χ0) is 19.9. The maximum Gasteiger partial charge on any atom is 0.374 e. The molecular formula is C23H20FO3P. The van der Waals surface area contributed by atoms with Crippen molar-refractivity contribution in [2.24, 2.45) is 0 Å². The molecule has 0 radical (unpaired) electrons. The highest BCUT2D eigenvalue weighted by atomic mass is 31.1. The molecule has 0 heterocycles. The molecular weight excluding hydrogens is 374 g/mol. The van der Waals surface area contributed by atoms with Gasteiger partial charge in [-0.3, -0.25) is 4.79 Å². The topological polar surface area (TPSA) is 43.4 Å². The summed E-state index contributed by atoms with van der Waals surface area (Å²) in [5.41, 5.74) is 0.532. The second kappa shape index (κ2) is 9.38. The van der Waals surface area contributed by atoms with E-state index < -0.39 is 19.7 Å². The smallest absolute Gasteiger partial charge is 0.374 e. The van der Waals surface area contributed by atoms with Crippen molar-refractivity contribution in [1.82, 2.24) is 0 Å². The van der Waals surface area contributed by atoms with Gasteiger partial charge in [-0.05, 0) is 36.2 Å². The second-order valence-corrected chi connectivity index (χ2v) is 8.62. The highest BCUT2D eigenvalue weighted by molar-refractivity contribution is 7.73. The van der Waals surface area contributed by atoms with Crippen molar-refractivity contribution in [2.45, 2.75) is 12.1 Å². The minimum absolute atomic E-state index is 0.00615. The van der Waals surface area contributed by atoms with Crippen molar-refractivity contribution in [3.8, 4) is 0 Å². The quantitative estimate of drug-likeness (QED) is 0.344. The molecule has 3 nitrogen and oxygen atoms in total. The molecule has 0 aromatic heterocycles. The second-order valence-electron chi connectivity index (χ2n) is 6.23. The van der Waals surface area contributed by atoms with Crippen LogP contribution in [0.25, 0.3) is 0 Å². The van der Waals surface area contributed by atoms with Crippen LogP contribution in [-0.2, 0) is 14.3 Å². The van der Waals surface area contributed by atoms with Gasteiger partial charge < -0.3 is 4.74 Å². The van der Waals surface area contributed by atoms with Crippen LogP contribution < -0.4 is 10.6 Å². The fourth-order valence-corrected chi connectivity index (χ4v) is 5.93. The third-order valence-electron chi connectivity index (χ3n) is 4.43. The highest BCUT2D eigenvalue weighted by Crippen LogP contribution is 2.51. The lowest BCUT2D eigenvalue weighted by Crippen LogP contribution is -2.23. The van der Waals surface area contributed by atoms with Gasteiger partial charge in [0.2, 0.25) is 5.78 Å². The molecule has 3 rings (SSSR count). The van der Waals surface area contributed by atoms with Crippen LogP contribution in [0.3, 0.4) is 0 Å². The van der Waals surface area contributed by atoms with E-state index in [4.69, 9.17) is 0 Å². The number of hydrogen-bond donors (Lipinski definition) is 0. The number of hydrogen-bond acceptors (Lipinski definition) is 3. The number of ketones is 1. The number of carbonyl (C=O) groups is 2. The van der Waals surface area contributed by atoms with Gasteiger partial charge in [-0.2, -0.15) is 0 Å². The van der Waals surface area contributed by atoms with E-state index in [1.165, 1.54) is 19.2 Å². The Morgan fingerprint density at radius 1 is 0.857 bits per heavy atom. The number of esters is 1. The Morgan fingerprint density at radius 3 is 1.82 bits per heavy atom. The molecule has 0 bridgehead atoms. The molecule has 5 heteroatoms. The number of halogens is 1. The van der Waals surface area contributed by atoms with Gasteiger partial charge in [-0.1, -0.05) is 72.8 Å². The Bertz CT molecular complexity index is 888.